The van der Waals surface area contributed by atoms with Crippen molar-refractivity contribution < 1.29 is 28.9 Å². The van der Waals surface area contributed by atoms with Gasteiger partial charge < -0.3 is 24.2 Å². The number of likely N-dealkylation sites (tertiary alicyclic amines) is 1. The van der Waals surface area contributed by atoms with Gasteiger partial charge >= 0.3 is 0 Å². The number of ether oxygens (including phenoxy) is 3. The number of amides is 1. The van der Waals surface area contributed by atoms with Crippen molar-refractivity contribution >= 4 is 17.4 Å². The highest BCUT2D eigenvalue weighted by Gasteiger charge is 2.46. The molecule has 1 aliphatic rings. The van der Waals surface area contributed by atoms with Gasteiger partial charge in [-0.25, -0.2) is 0 Å². The quantitative estimate of drug-likeness (QED) is 0.0933. The van der Waals surface area contributed by atoms with Crippen LogP contribution < -0.4 is 9.47 Å². The maximum Gasteiger partial charge on any atom is 0.295 e. The minimum atomic E-state index is -0.797. The number of nitrogens with zero attached hydrogens (tertiary/aromatic N) is 1. The predicted molar refractivity (Wildman–Crippen MR) is 160 cm³/mol. The van der Waals surface area contributed by atoms with Crippen molar-refractivity contribution in [2.45, 2.75) is 26.0 Å². The Bertz CT molecular complexity index is 1580. The van der Waals surface area contributed by atoms with Crippen LogP contribution in [0, 0.1) is 6.92 Å². The largest absolute Gasteiger partial charge is 0.507 e. The summed E-state index contributed by atoms with van der Waals surface area (Å²) in [6.07, 6.45) is 0.534. The molecule has 1 N–H and O–H groups in total. The molecule has 0 radical (unpaired) electrons. The molecule has 0 aliphatic carbocycles. The second-order valence-electron chi connectivity index (χ2n) is 10.1. The van der Waals surface area contributed by atoms with Gasteiger partial charge in [0, 0.05) is 25.8 Å². The van der Waals surface area contributed by atoms with E-state index >= 15 is 0 Å². The summed E-state index contributed by atoms with van der Waals surface area (Å²) < 4.78 is 17.2. The maximum absolute atomic E-state index is 13.5. The van der Waals surface area contributed by atoms with Crippen molar-refractivity contribution in [2.24, 2.45) is 0 Å². The zero-order valence-electron chi connectivity index (χ0n) is 23.7. The zero-order valence-corrected chi connectivity index (χ0v) is 23.7. The third kappa shape index (κ3) is 6.37. The van der Waals surface area contributed by atoms with Crippen LogP contribution in [0.5, 0.6) is 17.2 Å². The normalized spacial score (nSPS) is 16.0. The van der Waals surface area contributed by atoms with E-state index in [0.717, 1.165) is 5.56 Å². The van der Waals surface area contributed by atoms with Gasteiger partial charge in [0.1, 0.15) is 29.6 Å². The van der Waals surface area contributed by atoms with E-state index in [1.54, 1.807) is 25.3 Å². The standard InChI is InChI=1S/C35H33NO6/c1-24-21-28(41-23-25-11-5-3-6-12-25)17-18-30(24)33(37)31-32(36(19-10-20-40-2)35(39)34(31)38)26-13-9-16-29(22-26)42-27-14-7-4-8-15-27/h3-9,11-18,21-22,32,37H,10,19-20,23H2,1-2H3/t32-/m1/s1. The first kappa shape index (κ1) is 28.6. The lowest BCUT2D eigenvalue weighted by Crippen LogP contribution is -2.31. The van der Waals surface area contributed by atoms with Crippen molar-refractivity contribution in [1.29, 1.82) is 0 Å². The Balaban J connectivity index is 1.50. The molecule has 1 fully saturated rings. The van der Waals surface area contributed by atoms with Crippen LogP contribution in [-0.2, 0) is 20.9 Å². The van der Waals surface area contributed by atoms with Crippen LogP contribution in [0.15, 0.2) is 109 Å². The molecule has 4 aromatic rings. The Labute approximate surface area is 245 Å². The average molecular weight is 564 g/mol. The van der Waals surface area contributed by atoms with E-state index in [1.807, 2.05) is 91.9 Å². The molecule has 4 aromatic carbocycles. The highest BCUT2D eigenvalue weighted by Crippen LogP contribution is 2.41. The van der Waals surface area contributed by atoms with Gasteiger partial charge in [0.05, 0.1) is 11.6 Å². The summed E-state index contributed by atoms with van der Waals surface area (Å²) in [5.41, 5.74) is 2.90. The average Bonchev–Trinajstić information content (AvgIpc) is 3.26. The molecule has 1 saturated heterocycles. The highest BCUT2D eigenvalue weighted by molar-refractivity contribution is 6.46. The van der Waals surface area contributed by atoms with Crippen molar-refractivity contribution in [2.75, 3.05) is 20.3 Å². The van der Waals surface area contributed by atoms with Crippen LogP contribution in [0.3, 0.4) is 0 Å². The van der Waals surface area contributed by atoms with E-state index in [2.05, 4.69) is 0 Å². The summed E-state index contributed by atoms with van der Waals surface area (Å²) in [5, 5.41) is 11.6. The maximum atomic E-state index is 13.5. The van der Waals surface area contributed by atoms with Gasteiger partial charge in [0.15, 0.2) is 0 Å². The van der Waals surface area contributed by atoms with Gasteiger partial charge in [-0.1, -0.05) is 60.7 Å². The number of Topliss-reactive ketones (excluding diaryl/α,β-unsaturated/α-hetero) is 1. The Kier molecular flexibility index (Phi) is 8.99. The summed E-state index contributed by atoms with van der Waals surface area (Å²) in [6, 6.07) is 30.9. The number of aliphatic hydroxyl groups excluding tert-OH is 1. The van der Waals surface area contributed by atoms with Gasteiger partial charge in [0.25, 0.3) is 11.7 Å². The van der Waals surface area contributed by atoms with E-state index in [4.69, 9.17) is 14.2 Å². The van der Waals surface area contributed by atoms with Crippen LogP contribution in [0.1, 0.15) is 34.7 Å². The molecule has 42 heavy (non-hydrogen) atoms. The van der Waals surface area contributed by atoms with Crippen molar-refractivity contribution in [3.8, 4) is 17.2 Å². The van der Waals surface area contributed by atoms with Crippen LogP contribution in [0.2, 0.25) is 0 Å². The molecule has 7 nitrogen and oxygen atoms in total. The molecule has 0 aromatic heterocycles. The molecule has 0 bridgehead atoms. The Morgan fingerprint density at radius 1 is 0.833 bits per heavy atom. The van der Waals surface area contributed by atoms with Gasteiger partial charge in [-0.05, 0) is 72.5 Å². The van der Waals surface area contributed by atoms with E-state index in [1.165, 1.54) is 4.90 Å². The summed E-state index contributed by atoms with van der Waals surface area (Å²) in [6.45, 7) is 2.95. The first-order valence-corrected chi connectivity index (χ1v) is 13.8. The van der Waals surface area contributed by atoms with Crippen molar-refractivity contribution in [1.82, 2.24) is 4.90 Å². The molecule has 1 atom stereocenters. The van der Waals surface area contributed by atoms with E-state index in [0.29, 0.717) is 53.6 Å². The summed E-state index contributed by atoms with van der Waals surface area (Å²) in [5.74, 6) is 0.233. The van der Waals surface area contributed by atoms with Crippen LogP contribution >= 0.6 is 0 Å². The number of hydrogen-bond acceptors (Lipinski definition) is 6. The third-order valence-corrected chi connectivity index (χ3v) is 7.14. The number of benzene rings is 4. The smallest absolute Gasteiger partial charge is 0.295 e. The Morgan fingerprint density at radius 3 is 2.26 bits per heavy atom. The minimum absolute atomic E-state index is 0.0373. The van der Waals surface area contributed by atoms with Crippen LogP contribution in [0.4, 0.5) is 0 Å². The van der Waals surface area contributed by atoms with Gasteiger partial charge in [-0.3, -0.25) is 9.59 Å². The summed E-state index contributed by atoms with van der Waals surface area (Å²) >= 11 is 0. The van der Waals surface area contributed by atoms with Gasteiger partial charge in [-0.2, -0.15) is 0 Å². The fraction of sp³-hybridized carbons (Fsp3) is 0.200. The number of carbonyl (C=O) groups excluding carboxylic acids is 2. The van der Waals surface area contributed by atoms with E-state index in [-0.39, 0.29) is 17.9 Å². The van der Waals surface area contributed by atoms with Crippen LogP contribution in [0.25, 0.3) is 5.76 Å². The van der Waals surface area contributed by atoms with Gasteiger partial charge in [0.2, 0.25) is 0 Å². The number of ketones is 1. The second-order valence-corrected chi connectivity index (χ2v) is 10.1. The fourth-order valence-electron chi connectivity index (χ4n) is 5.09. The second kappa shape index (κ2) is 13.2. The number of methoxy groups -OCH3 is 1. The predicted octanol–water partition coefficient (Wildman–Crippen LogP) is 6.82. The summed E-state index contributed by atoms with van der Waals surface area (Å²) in [4.78, 5) is 28.3. The molecule has 0 unspecified atom stereocenters. The summed E-state index contributed by atoms with van der Waals surface area (Å²) in [7, 11) is 1.59. The third-order valence-electron chi connectivity index (χ3n) is 7.14. The molecular weight excluding hydrogens is 530 g/mol. The first-order chi connectivity index (χ1) is 20.5. The number of para-hydroxylation sites is 1. The molecule has 1 heterocycles. The molecule has 0 spiro atoms. The molecule has 7 heteroatoms. The van der Waals surface area contributed by atoms with Crippen molar-refractivity contribution in [3.05, 3.63) is 131 Å². The molecule has 214 valence electrons. The lowest BCUT2D eigenvalue weighted by Gasteiger charge is -2.25. The first-order valence-electron chi connectivity index (χ1n) is 13.8. The van der Waals surface area contributed by atoms with Gasteiger partial charge in [-0.15, -0.1) is 0 Å². The number of aryl methyl sites for hydroxylation is 1. The molecule has 1 amide bonds. The molecule has 1 aliphatic heterocycles. The Morgan fingerprint density at radius 2 is 1.55 bits per heavy atom. The number of hydrogen-bond donors (Lipinski definition) is 1. The molecule has 5 rings (SSSR count). The molecule has 0 saturated carbocycles. The number of aliphatic hydroxyl groups is 1. The molecular formula is C35H33NO6. The fourth-order valence-corrected chi connectivity index (χ4v) is 5.09. The van der Waals surface area contributed by atoms with E-state index < -0.39 is 17.7 Å². The topological polar surface area (TPSA) is 85.3 Å². The van der Waals surface area contributed by atoms with Crippen LogP contribution in [-0.4, -0.2) is 42.0 Å². The lowest BCUT2D eigenvalue weighted by molar-refractivity contribution is -0.140. The minimum Gasteiger partial charge on any atom is -0.507 e. The number of carbonyl (C=O) groups is 2. The van der Waals surface area contributed by atoms with E-state index in [9.17, 15) is 14.7 Å². The Hall–Kier alpha value is -4.88. The number of rotatable bonds is 11. The lowest BCUT2D eigenvalue weighted by atomic mass is 9.93. The zero-order chi connectivity index (χ0) is 29.5. The monoisotopic (exact) mass is 563 g/mol. The SMILES string of the molecule is COCCCN1C(=O)C(=O)C(=C(O)c2ccc(OCc3ccccc3)cc2C)[C@H]1c1cccc(Oc2ccccc2)c1. The van der Waals surface area contributed by atoms with Crippen molar-refractivity contribution in [3.63, 3.8) is 0 Å². The highest BCUT2D eigenvalue weighted by atomic mass is 16.5.